The third kappa shape index (κ3) is 2.57. The molecule has 3 atom stereocenters. The number of aliphatic hydroxyl groups is 1. The van der Waals surface area contributed by atoms with Crippen LogP contribution >= 0.6 is 12.2 Å². The Morgan fingerprint density at radius 3 is 2.71 bits per heavy atom. The number of hydrogen-bond donors (Lipinski definition) is 2. The molecule has 0 amide bonds. The van der Waals surface area contributed by atoms with E-state index in [9.17, 15) is 13.5 Å². The first-order valence-corrected chi connectivity index (χ1v) is 8.68. The predicted molar refractivity (Wildman–Crippen MR) is 81.1 cm³/mol. The number of hydrogen-bond acceptors (Lipinski definition) is 5. The van der Waals surface area contributed by atoms with Gasteiger partial charge < -0.3 is 10.8 Å². The molecule has 1 aromatic heterocycles. The molecule has 114 valence electrons. The van der Waals surface area contributed by atoms with E-state index in [0.717, 1.165) is 12.8 Å². The third-order valence-corrected chi connectivity index (χ3v) is 6.44. The monoisotopic (exact) mass is 327 g/mol. The Morgan fingerprint density at radius 2 is 2.14 bits per heavy atom. The largest absolute Gasteiger partial charge is 0.393 e. The molecule has 0 radical (unpaired) electrons. The van der Waals surface area contributed by atoms with Crippen LogP contribution in [0, 0.1) is 11.8 Å². The second kappa shape index (κ2) is 5.28. The van der Waals surface area contributed by atoms with Crippen LogP contribution in [0.5, 0.6) is 0 Å². The summed E-state index contributed by atoms with van der Waals surface area (Å²) in [6, 6.07) is 2.99. The van der Waals surface area contributed by atoms with Gasteiger partial charge in [0.25, 0.3) is 0 Å². The number of pyridine rings is 1. The van der Waals surface area contributed by atoms with Gasteiger partial charge in [0.1, 0.15) is 9.88 Å². The van der Waals surface area contributed by atoms with E-state index in [2.05, 4.69) is 4.98 Å². The molecule has 1 saturated heterocycles. The van der Waals surface area contributed by atoms with Crippen molar-refractivity contribution in [3.8, 4) is 0 Å². The van der Waals surface area contributed by atoms with Crippen LogP contribution in [0.4, 0.5) is 0 Å². The Morgan fingerprint density at radius 1 is 1.38 bits per heavy atom. The van der Waals surface area contributed by atoms with Gasteiger partial charge in [-0.15, -0.1) is 0 Å². The van der Waals surface area contributed by atoms with E-state index >= 15 is 0 Å². The zero-order valence-corrected chi connectivity index (χ0v) is 13.0. The van der Waals surface area contributed by atoms with Crippen LogP contribution in [0.25, 0.3) is 0 Å². The molecule has 0 bridgehead atoms. The van der Waals surface area contributed by atoms with Gasteiger partial charge in [0, 0.05) is 25.2 Å². The summed E-state index contributed by atoms with van der Waals surface area (Å²) in [4.78, 5) is 4.25. The smallest absolute Gasteiger partial charge is 0.244 e. The lowest BCUT2D eigenvalue weighted by Crippen LogP contribution is -2.31. The van der Waals surface area contributed by atoms with E-state index < -0.39 is 10.0 Å². The molecule has 3 N–H and O–H groups in total. The summed E-state index contributed by atoms with van der Waals surface area (Å²) in [5.41, 5.74) is 5.85. The lowest BCUT2D eigenvalue weighted by molar-refractivity contribution is 0.129. The molecular formula is C13H17N3O3S2. The highest BCUT2D eigenvalue weighted by molar-refractivity contribution is 7.89. The zero-order chi connectivity index (χ0) is 15.2. The van der Waals surface area contributed by atoms with Crippen LogP contribution in [0.15, 0.2) is 23.2 Å². The Balaban J connectivity index is 1.83. The van der Waals surface area contributed by atoms with Gasteiger partial charge in [-0.25, -0.2) is 8.42 Å². The highest BCUT2D eigenvalue weighted by Crippen LogP contribution is 2.39. The molecule has 2 fully saturated rings. The molecular weight excluding hydrogens is 310 g/mol. The number of aromatic nitrogens is 1. The average molecular weight is 327 g/mol. The summed E-state index contributed by atoms with van der Waals surface area (Å²) in [6.45, 7) is 0.854. The van der Waals surface area contributed by atoms with Crippen molar-refractivity contribution >= 4 is 27.2 Å². The summed E-state index contributed by atoms with van der Waals surface area (Å²) < 4.78 is 26.6. The molecule has 6 nitrogen and oxygen atoms in total. The normalized spacial score (nSPS) is 29.5. The van der Waals surface area contributed by atoms with Crippen LogP contribution in [0.1, 0.15) is 18.5 Å². The van der Waals surface area contributed by atoms with E-state index in [1.807, 2.05) is 0 Å². The van der Waals surface area contributed by atoms with E-state index in [1.165, 1.54) is 22.6 Å². The Labute approximate surface area is 129 Å². The second-order valence-corrected chi connectivity index (χ2v) is 8.01. The first kappa shape index (κ1) is 14.8. The van der Waals surface area contributed by atoms with Gasteiger partial charge in [0.05, 0.1) is 11.8 Å². The summed E-state index contributed by atoms with van der Waals surface area (Å²) in [5.74, 6) is 0.322. The number of rotatable bonds is 3. The maximum Gasteiger partial charge on any atom is 0.244 e. The van der Waals surface area contributed by atoms with Crippen LogP contribution < -0.4 is 5.73 Å². The maximum atomic E-state index is 12.6. The minimum atomic E-state index is -3.57. The minimum Gasteiger partial charge on any atom is -0.393 e. The number of thiocarbonyl (C=S) groups is 1. The fraction of sp³-hybridized carbons (Fsp3) is 0.538. The average Bonchev–Trinajstić information content (AvgIpc) is 3.02. The van der Waals surface area contributed by atoms with Crippen molar-refractivity contribution in [1.82, 2.24) is 9.29 Å². The van der Waals surface area contributed by atoms with E-state index in [-0.39, 0.29) is 27.8 Å². The van der Waals surface area contributed by atoms with Crippen molar-refractivity contribution in [3.05, 3.63) is 24.0 Å². The third-order valence-electron chi connectivity index (χ3n) is 4.41. The summed E-state index contributed by atoms with van der Waals surface area (Å²) in [6.07, 6.45) is 2.56. The summed E-state index contributed by atoms with van der Waals surface area (Å²) in [5, 5.41) is 9.89. The second-order valence-electron chi connectivity index (χ2n) is 5.63. The molecule has 0 aromatic carbocycles. The van der Waals surface area contributed by atoms with Crippen LogP contribution in [0.3, 0.4) is 0 Å². The SMILES string of the molecule is NC(=S)c1ccc(S(=O)(=O)N2CC3CCC(O)C3C2)cn1. The Kier molecular flexibility index (Phi) is 3.73. The molecule has 2 aliphatic rings. The molecule has 2 heterocycles. The molecule has 21 heavy (non-hydrogen) atoms. The molecule has 3 rings (SSSR count). The van der Waals surface area contributed by atoms with Gasteiger partial charge in [-0.3, -0.25) is 4.98 Å². The fourth-order valence-electron chi connectivity index (χ4n) is 3.22. The van der Waals surface area contributed by atoms with E-state index in [1.54, 1.807) is 0 Å². The minimum absolute atomic E-state index is 0.0589. The number of aliphatic hydroxyl groups excluding tert-OH is 1. The first-order chi connectivity index (χ1) is 9.89. The molecule has 0 spiro atoms. The van der Waals surface area contributed by atoms with Crippen molar-refractivity contribution < 1.29 is 13.5 Å². The lowest BCUT2D eigenvalue weighted by atomic mass is 10.00. The number of nitrogens with zero attached hydrogens (tertiary/aromatic N) is 2. The molecule has 1 saturated carbocycles. The van der Waals surface area contributed by atoms with Crippen molar-refractivity contribution in [2.24, 2.45) is 17.6 Å². The van der Waals surface area contributed by atoms with Crippen LogP contribution in [-0.2, 0) is 10.0 Å². The Hall–Kier alpha value is -1.09. The van der Waals surface area contributed by atoms with E-state index in [0.29, 0.717) is 18.8 Å². The summed E-state index contributed by atoms with van der Waals surface area (Å²) >= 11 is 4.80. The van der Waals surface area contributed by atoms with Gasteiger partial charge in [-0.1, -0.05) is 12.2 Å². The molecule has 1 aliphatic heterocycles. The molecule has 8 heteroatoms. The lowest BCUT2D eigenvalue weighted by Gasteiger charge is -2.18. The molecule has 1 aliphatic carbocycles. The van der Waals surface area contributed by atoms with Gasteiger partial charge in [0.15, 0.2) is 0 Å². The fourth-order valence-corrected chi connectivity index (χ4v) is 4.82. The summed E-state index contributed by atoms with van der Waals surface area (Å²) in [7, 11) is -3.57. The van der Waals surface area contributed by atoms with Gasteiger partial charge in [-0.05, 0) is 30.9 Å². The number of fused-ring (bicyclic) bond motifs is 1. The van der Waals surface area contributed by atoms with Gasteiger partial charge in [0.2, 0.25) is 10.0 Å². The topological polar surface area (TPSA) is 96.5 Å². The standard InChI is InChI=1S/C13H17N3O3S2/c14-13(20)11-3-2-9(5-15-11)21(18,19)16-6-8-1-4-12(17)10(8)7-16/h2-3,5,8,10,12,17H,1,4,6-7H2,(H2,14,20). The predicted octanol–water partition coefficient (Wildman–Crippen LogP) is 0.107. The first-order valence-electron chi connectivity index (χ1n) is 6.83. The highest BCUT2D eigenvalue weighted by Gasteiger charge is 2.45. The molecule has 3 unspecified atom stereocenters. The van der Waals surface area contributed by atoms with Crippen LogP contribution in [-0.4, -0.2) is 47.0 Å². The maximum absolute atomic E-state index is 12.6. The van der Waals surface area contributed by atoms with Crippen LogP contribution in [0.2, 0.25) is 0 Å². The highest BCUT2D eigenvalue weighted by atomic mass is 32.2. The molecule has 1 aromatic rings. The van der Waals surface area contributed by atoms with Crippen molar-refractivity contribution in [2.45, 2.75) is 23.8 Å². The Bertz CT molecular complexity index is 660. The van der Waals surface area contributed by atoms with Crippen molar-refractivity contribution in [1.29, 1.82) is 0 Å². The van der Waals surface area contributed by atoms with E-state index in [4.69, 9.17) is 18.0 Å². The van der Waals surface area contributed by atoms with Crippen molar-refractivity contribution in [2.75, 3.05) is 13.1 Å². The zero-order valence-electron chi connectivity index (χ0n) is 11.3. The quantitative estimate of drug-likeness (QED) is 0.765. The van der Waals surface area contributed by atoms with Crippen molar-refractivity contribution in [3.63, 3.8) is 0 Å². The number of nitrogens with two attached hydrogens (primary N) is 1. The number of sulfonamides is 1. The van der Waals surface area contributed by atoms with Gasteiger partial charge >= 0.3 is 0 Å². The van der Waals surface area contributed by atoms with Gasteiger partial charge in [-0.2, -0.15) is 4.31 Å².